The molecule has 5 nitrogen and oxygen atoms in total. The Morgan fingerprint density at radius 1 is 1.25 bits per heavy atom. The molecule has 6 heteroatoms. The first-order chi connectivity index (χ1) is 9.02. The van der Waals surface area contributed by atoms with Gasteiger partial charge in [0.15, 0.2) is 0 Å². The molecule has 1 rings (SSSR count). The van der Waals surface area contributed by atoms with Gasteiger partial charge in [-0.25, -0.2) is 0 Å². The van der Waals surface area contributed by atoms with Crippen LogP contribution in [0.25, 0.3) is 0 Å². The monoisotopic (exact) mass is 299 g/mol. The van der Waals surface area contributed by atoms with E-state index in [1.54, 1.807) is 12.1 Å². The Morgan fingerprint density at radius 3 is 2.35 bits per heavy atom. The zero-order valence-corrected chi connectivity index (χ0v) is 12.6. The van der Waals surface area contributed by atoms with Crippen LogP contribution in [0.3, 0.4) is 0 Å². The fourth-order valence-electron chi connectivity index (χ4n) is 1.67. The lowest BCUT2D eigenvalue weighted by atomic mass is 10.1. The van der Waals surface area contributed by atoms with E-state index in [2.05, 4.69) is 10.6 Å². The number of hydrogen-bond donors (Lipinski definition) is 3. The molecule has 1 aromatic carbocycles. The van der Waals surface area contributed by atoms with Gasteiger partial charge in [-0.15, -0.1) is 12.4 Å². The van der Waals surface area contributed by atoms with Crippen molar-refractivity contribution in [2.75, 3.05) is 5.32 Å². The normalized spacial score (nSPS) is 11.2. The van der Waals surface area contributed by atoms with Crippen molar-refractivity contribution in [3.8, 4) is 0 Å². The van der Waals surface area contributed by atoms with Gasteiger partial charge in [0.25, 0.3) is 0 Å². The van der Waals surface area contributed by atoms with Gasteiger partial charge in [0, 0.05) is 19.2 Å². The maximum Gasteiger partial charge on any atom is 0.237 e. The zero-order valence-electron chi connectivity index (χ0n) is 11.8. The van der Waals surface area contributed by atoms with Gasteiger partial charge in [-0.3, -0.25) is 9.59 Å². The predicted molar refractivity (Wildman–Crippen MR) is 82.7 cm³/mol. The van der Waals surface area contributed by atoms with Crippen LogP contribution in [-0.4, -0.2) is 17.9 Å². The quantitative estimate of drug-likeness (QED) is 0.749. The van der Waals surface area contributed by atoms with Crippen LogP contribution in [-0.2, 0) is 16.1 Å². The van der Waals surface area contributed by atoms with E-state index in [0.717, 1.165) is 17.7 Å². The highest BCUT2D eigenvalue weighted by atomic mass is 35.5. The Hall–Kier alpha value is -1.59. The Labute approximate surface area is 125 Å². The SMILES string of the molecule is CCCC(N)C(=O)NCc1ccc(NC(C)=O)cc1.Cl. The second-order valence-corrected chi connectivity index (χ2v) is 4.49. The molecule has 20 heavy (non-hydrogen) atoms. The van der Waals surface area contributed by atoms with E-state index in [9.17, 15) is 9.59 Å². The fourth-order valence-corrected chi connectivity index (χ4v) is 1.67. The van der Waals surface area contributed by atoms with E-state index in [0.29, 0.717) is 13.0 Å². The van der Waals surface area contributed by atoms with Crippen LogP contribution >= 0.6 is 12.4 Å². The van der Waals surface area contributed by atoms with E-state index < -0.39 is 6.04 Å². The van der Waals surface area contributed by atoms with Crippen LogP contribution < -0.4 is 16.4 Å². The number of benzene rings is 1. The van der Waals surface area contributed by atoms with Crippen LogP contribution in [0, 0.1) is 0 Å². The highest BCUT2D eigenvalue weighted by Crippen LogP contribution is 2.09. The Bertz CT molecular complexity index is 435. The lowest BCUT2D eigenvalue weighted by Crippen LogP contribution is -2.40. The van der Waals surface area contributed by atoms with Crippen molar-refractivity contribution in [1.29, 1.82) is 0 Å². The number of nitrogens with two attached hydrogens (primary N) is 1. The van der Waals surface area contributed by atoms with Gasteiger partial charge in [0.1, 0.15) is 0 Å². The highest BCUT2D eigenvalue weighted by molar-refractivity contribution is 5.88. The first-order valence-electron chi connectivity index (χ1n) is 6.42. The number of amides is 2. The minimum absolute atomic E-state index is 0. The van der Waals surface area contributed by atoms with Crippen molar-refractivity contribution in [3.05, 3.63) is 29.8 Å². The largest absolute Gasteiger partial charge is 0.351 e. The van der Waals surface area contributed by atoms with Crippen molar-refractivity contribution in [1.82, 2.24) is 5.32 Å². The second kappa shape index (κ2) is 9.34. The summed E-state index contributed by atoms with van der Waals surface area (Å²) in [6, 6.07) is 6.88. The number of nitrogens with one attached hydrogen (secondary N) is 2. The molecule has 0 aliphatic heterocycles. The molecule has 112 valence electrons. The van der Waals surface area contributed by atoms with Gasteiger partial charge < -0.3 is 16.4 Å². The number of carbonyl (C=O) groups excluding carboxylic acids is 2. The number of halogens is 1. The lowest BCUT2D eigenvalue weighted by molar-refractivity contribution is -0.122. The fraction of sp³-hybridized carbons (Fsp3) is 0.429. The third-order valence-electron chi connectivity index (χ3n) is 2.68. The molecule has 0 heterocycles. The molecule has 0 aliphatic rings. The van der Waals surface area contributed by atoms with E-state index in [4.69, 9.17) is 5.73 Å². The van der Waals surface area contributed by atoms with Crippen LogP contribution in [0.2, 0.25) is 0 Å². The Kier molecular flexibility index (Phi) is 8.59. The lowest BCUT2D eigenvalue weighted by Gasteiger charge is -2.11. The Morgan fingerprint density at radius 2 is 1.85 bits per heavy atom. The second-order valence-electron chi connectivity index (χ2n) is 4.49. The molecular formula is C14H22ClN3O2. The third kappa shape index (κ3) is 6.54. The topological polar surface area (TPSA) is 84.2 Å². The smallest absolute Gasteiger partial charge is 0.237 e. The summed E-state index contributed by atoms with van der Waals surface area (Å²) in [6.45, 7) is 3.90. The molecule has 0 spiro atoms. The summed E-state index contributed by atoms with van der Waals surface area (Å²) in [7, 11) is 0. The molecule has 0 fully saturated rings. The molecular weight excluding hydrogens is 278 g/mol. The van der Waals surface area contributed by atoms with Crippen molar-refractivity contribution in [3.63, 3.8) is 0 Å². The number of anilines is 1. The van der Waals surface area contributed by atoms with Crippen LogP contribution in [0.4, 0.5) is 5.69 Å². The van der Waals surface area contributed by atoms with Crippen LogP contribution in [0.15, 0.2) is 24.3 Å². The first-order valence-corrected chi connectivity index (χ1v) is 6.42. The minimum atomic E-state index is -0.441. The molecule has 0 aromatic heterocycles. The molecule has 2 amide bonds. The molecule has 1 atom stereocenters. The highest BCUT2D eigenvalue weighted by Gasteiger charge is 2.11. The number of carbonyl (C=O) groups is 2. The molecule has 0 saturated heterocycles. The number of rotatable bonds is 6. The summed E-state index contributed by atoms with van der Waals surface area (Å²) >= 11 is 0. The van der Waals surface area contributed by atoms with E-state index in [1.807, 2.05) is 19.1 Å². The maximum atomic E-state index is 11.6. The maximum absolute atomic E-state index is 11.6. The molecule has 0 radical (unpaired) electrons. The molecule has 0 saturated carbocycles. The summed E-state index contributed by atoms with van der Waals surface area (Å²) in [4.78, 5) is 22.5. The van der Waals surface area contributed by atoms with Gasteiger partial charge in [0.05, 0.1) is 6.04 Å². The van der Waals surface area contributed by atoms with Crippen molar-refractivity contribution in [2.24, 2.45) is 5.73 Å². The third-order valence-corrected chi connectivity index (χ3v) is 2.68. The molecule has 1 unspecified atom stereocenters. The van der Waals surface area contributed by atoms with E-state index >= 15 is 0 Å². The summed E-state index contributed by atoms with van der Waals surface area (Å²) in [5.41, 5.74) is 7.42. The van der Waals surface area contributed by atoms with E-state index in [-0.39, 0.29) is 24.2 Å². The van der Waals surface area contributed by atoms with Crippen molar-refractivity contribution >= 4 is 29.9 Å². The van der Waals surface area contributed by atoms with Crippen molar-refractivity contribution < 1.29 is 9.59 Å². The summed E-state index contributed by atoms with van der Waals surface area (Å²) in [6.07, 6.45) is 1.58. The summed E-state index contributed by atoms with van der Waals surface area (Å²) in [5, 5.41) is 5.48. The molecule has 4 N–H and O–H groups in total. The summed E-state index contributed by atoms with van der Waals surface area (Å²) in [5.74, 6) is -0.237. The molecule has 0 aliphatic carbocycles. The molecule has 0 bridgehead atoms. The van der Waals surface area contributed by atoms with Crippen molar-refractivity contribution in [2.45, 2.75) is 39.3 Å². The Balaban J connectivity index is 0.00000361. The predicted octanol–water partition coefficient (Wildman–Crippen LogP) is 1.81. The van der Waals surface area contributed by atoms with Crippen LogP contribution in [0.1, 0.15) is 32.3 Å². The number of hydrogen-bond acceptors (Lipinski definition) is 3. The van der Waals surface area contributed by atoms with Gasteiger partial charge >= 0.3 is 0 Å². The van der Waals surface area contributed by atoms with Gasteiger partial charge in [-0.2, -0.15) is 0 Å². The standard InChI is InChI=1S/C14H21N3O2.ClH/c1-3-4-13(15)14(19)16-9-11-5-7-12(8-6-11)17-10(2)18;/h5-8,13H,3-4,9,15H2,1-2H3,(H,16,19)(H,17,18);1H. The average molecular weight is 300 g/mol. The minimum Gasteiger partial charge on any atom is -0.351 e. The average Bonchev–Trinajstić information content (AvgIpc) is 2.37. The van der Waals surface area contributed by atoms with Gasteiger partial charge in [-0.1, -0.05) is 25.5 Å². The van der Waals surface area contributed by atoms with E-state index in [1.165, 1.54) is 6.92 Å². The molecule has 1 aromatic rings. The van der Waals surface area contributed by atoms with Crippen LogP contribution in [0.5, 0.6) is 0 Å². The van der Waals surface area contributed by atoms with Gasteiger partial charge in [-0.05, 0) is 24.1 Å². The first kappa shape index (κ1) is 18.4. The zero-order chi connectivity index (χ0) is 14.3. The summed E-state index contributed by atoms with van der Waals surface area (Å²) < 4.78 is 0. The van der Waals surface area contributed by atoms with Gasteiger partial charge in [0.2, 0.25) is 11.8 Å².